The third kappa shape index (κ3) is 5.43. The van der Waals surface area contributed by atoms with Crippen LogP contribution in [0.15, 0.2) is 55.1 Å². The van der Waals surface area contributed by atoms with Gasteiger partial charge in [0.2, 0.25) is 11.9 Å². The van der Waals surface area contributed by atoms with Crippen LogP contribution in [0.4, 0.5) is 24.8 Å². The van der Waals surface area contributed by atoms with Crippen LogP contribution < -0.4 is 11.1 Å². The fourth-order valence-electron chi connectivity index (χ4n) is 3.73. The van der Waals surface area contributed by atoms with E-state index in [9.17, 15) is 27.9 Å². The topological polar surface area (TPSA) is 136 Å². The zero-order valence-electron chi connectivity index (χ0n) is 19.9. The Morgan fingerprint density at radius 2 is 1.81 bits per heavy atom. The number of rotatable bonds is 7. The standard InChI is InChI=1S/C25H23F3N6O3/c1-24(2,13-35)34-12-19(18-11-31-23(29)33-22(18)34)21(37)15-8-17(10-30-9-15)32-20(36)7-14-3-5-16(6-4-14)25(26,27)28/h3-6,8-12,35H,7,13H2,1-2H3,(H,32,36)(H2,29,31,33). The molecular weight excluding hydrogens is 489 g/mol. The lowest BCUT2D eigenvalue weighted by Crippen LogP contribution is -2.30. The van der Waals surface area contributed by atoms with Gasteiger partial charge in [-0.2, -0.15) is 18.2 Å². The first-order valence-electron chi connectivity index (χ1n) is 11.1. The van der Waals surface area contributed by atoms with Gasteiger partial charge < -0.3 is 20.7 Å². The third-order valence-electron chi connectivity index (χ3n) is 5.78. The summed E-state index contributed by atoms with van der Waals surface area (Å²) in [6, 6.07) is 5.74. The van der Waals surface area contributed by atoms with Crippen molar-refractivity contribution in [1.82, 2.24) is 19.5 Å². The van der Waals surface area contributed by atoms with Gasteiger partial charge in [-0.05, 0) is 37.6 Å². The number of fused-ring (bicyclic) bond motifs is 1. The van der Waals surface area contributed by atoms with Crippen LogP contribution in [-0.2, 0) is 22.9 Å². The van der Waals surface area contributed by atoms with Crippen molar-refractivity contribution in [2.24, 2.45) is 0 Å². The number of nitrogens with zero attached hydrogens (tertiary/aromatic N) is 4. The predicted molar refractivity (Wildman–Crippen MR) is 130 cm³/mol. The molecule has 192 valence electrons. The molecule has 1 amide bonds. The smallest absolute Gasteiger partial charge is 0.394 e. The summed E-state index contributed by atoms with van der Waals surface area (Å²) in [6.45, 7) is 3.32. The average molecular weight is 512 g/mol. The van der Waals surface area contributed by atoms with E-state index in [2.05, 4.69) is 20.3 Å². The first kappa shape index (κ1) is 25.8. The molecule has 0 aliphatic rings. The molecule has 9 nitrogen and oxygen atoms in total. The molecule has 1 aromatic carbocycles. The Morgan fingerprint density at radius 1 is 1.11 bits per heavy atom. The molecule has 0 bridgehead atoms. The van der Waals surface area contributed by atoms with Gasteiger partial charge in [0.25, 0.3) is 0 Å². The summed E-state index contributed by atoms with van der Waals surface area (Å²) in [4.78, 5) is 38.1. The maximum Gasteiger partial charge on any atom is 0.416 e. The van der Waals surface area contributed by atoms with Gasteiger partial charge in [-0.15, -0.1) is 0 Å². The van der Waals surface area contributed by atoms with E-state index in [4.69, 9.17) is 5.73 Å². The summed E-state index contributed by atoms with van der Waals surface area (Å²) < 4.78 is 39.9. The van der Waals surface area contributed by atoms with E-state index in [1.54, 1.807) is 24.6 Å². The summed E-state index contributed by atoms with van der Waals surface area (Å²) >= 11 is 0. The van der Waals surface area contributed by atoms with Crippen LogP contribution in [0.3, 0.4) is 0 Å². The van der Waals surface area contributed by atoms with E-state index in [1.165, 1.54) is 36.8 Å². The Kier molecular flexibility index (Phi) is 6.70. The van der Waals surface area contributed by atoms with E-state index >= 15 is 0 Å². The third-order valence-corrected chi connectivity index (χ3v) is 5.78. The summed E-state index contributed by atoms with van der Waals surface area (Å²) in [5.41, 5.74) is 5.59. The highest BCUT2D eigenvalue weighted by molar-refractivity contribution is 6.16. The van der Waals surface area contributed by atoms with Gasteiger partial charge in [-0.25, -0.2) is 4.98 Å². The molecule has 37 heavy (non-hydrogen) atoms. The number of amides is 1. The number of ketones is 1. The first-order valence-corrected chi connectivity index (χ1v) is 11.1. The summed E-state index contributed by atoms with van der Waals surface area (Å²) in [7, 11) is 0. The SMILES string of the molecule is CC(C)(CO)n1cc(C(=O)c2cncc(NC(=O)Cc3ccc(C(F)(F)F)cc3)c2)c2cnc(N)nc21. The average Bonchev–Trinajstić information content (AvgIpc) is 3.23. The van der Waals surface area contributed by atoms with Crippen molar-refractivity contribution < 1.29 is 27.9 Å². The number of halogens is 3. The number of anilines is 2. The molecule has 0 fully saturated rings. The highest BCUT2D eigenvalue weighted by Gasteiger charge is 2.30. The number of nitrogen functional groups attached to an aromatic ring is 1. The zero-order valence-corrected chi connectivity index (χ0v) is 19.9. The molecule has 0 spiro atoms. The number of benzene rings is 1. The maximum absolute atomic E-state index is 13.4. The van der Waals surface area contributed by atoms with Crippen molar-refractivity contribution in [3.05, 3.63) is 77.4 Å². The predicted octanol–water partition coefficient (Wildman–Crippen LogP) is 3.57. The second kappa shape index (κ2) is 9.62. The van der Waals surface area contributed by atoms with Gasteiger partial charge in [0, 0.05) is 29.5 Å². The van der Waals surface area contributed by atoms with Gasteiger partial charge >= 0.3 is 6.18 Å². The van der Waals surface area contributed by atoms with Crippen molar-refractivity contribution in [3.8, 4) is 0 Å². The number of pyridine rings is 1. The number of nitrogens with two attached hydrogens (primary N) is 1. The number of aliphatic hydroxyl groups is 1. The molecular formula is C25H23F3N6O3. The molecule has 0 aliphatic heterocycles. The number of aliphatic hydroxyl groups excluding tert-OH is 1. The van der Waals surface area contributed by atoms with Gasteiger partial charge in [0.05, 0.1) is 41.6 Å². The zero-order chi connectivity index (χ0) is 27.0. The van der Waals surface area contributed by atoms with Crippen molar-refractivity contribution in [2.45, 2.75) is 32.0 Å². The van der Waals surface area contributed by atoms with E-state index < -0.39 is 29.0 Å². The van der Waals surface area contributed by atoms with Crippen molar-refractivity contribution in [3.63, 3.8) is 0 Å². The quantitative estimate of drug-likeness (QED) is 0.322. The minimum Gasteiger partial charge on any atom is -0.394 e. The minimum atomic E-state index is -4.46. The van der Waals surface area contributed by atoms with Gasteiger partial charge in [0.1, 0.15) is 5.65 Å². The number of carbonyl (C=O) groups excluding carboxylic acids is 2. The van der Waals surface area contributed by atoms with Crippen molar-refractivity contribution >= 4 is 34.4 Å². The van der Waals surface area contributed by atoms with E-state index in [-0.39, 0.29) is 35.8 Å². The van der Waals surface area contributed by atoms with Crippen LogP contribution in [0, 0.1) is 0 Å². The number of aromatic nitrogens is 4. The van der Waals surface area contributed by atoms with E-state index in [1.807, 2.05) is 0 Å². The summed E-state index contributed by atoms with van der Waals surface area (Å²) in [6.07, 6.45) is 1.05. The molecule has 4 N–H and O–H groups in total. The van der Waals surface area contributed by atoms with Crippen LogP contribution in [-0.4, -0.2) is 42.9 Å². The van der Waals surface area contributed by atoms with Crippen LogP contribution in [0.1, 0.15) is 40.9 Å². The molecule has 4 aromatic rings. The van der Waals surface area contributed by atoms with Crippen LogP contribution in [0.5, 0.6) is 0 Å². The summed E-state index contributed by atoms with van der Waals surface area (Å²) in [5.74, 6) is -0.896. The first-order chi connectivity index (χ1) is 17.4. The fraction of sp³-hybridized carbons (Fsp3) is 0.240. The molecule has 0 unspecified atom stereocenters. The normalized spacial score (nSPS) is 12.1. The Morgan fingerprint density at radius 3 is 2.46 bits per heavy atom. The molecule has 12 heteroatoms. The Labute approximate surface area is 209 Å². The molecule has 3 heterocycles. The second-order valence-corrected chi connectivity index (χ2v) is 9.06. The van der Waals surface area contributed by atoms with Crippen LogP contribution in [0.2, 0.25) is 0 Å². The number of hydrogen-bond donors (Lipinski definition) is 3. The van der Waals surface area contributed by atoms with Crippen molar-refractivity contribution in [1.29, 1.82) is 0 Å². The number of nitrogens with one attached hydrogen (secondary N) is 1. The Hall–Kier alpha value is -4.32. The van der Waals surface area contributed by atoms with E-state index in [0.717, 1.165) is 12.1 Å². The number of carbonyl (C=O) groups is 2. The second-order valence-electron chi connectivity index (χ2n) is 9.06. The lowest BCUT2D eigenvalue weighted by atomic mass is 10.1. The summed E-state index contributed by atoms with van der Waals surface area (Å²) in [5, 5.41) is 12.9. The molecule has 0 saturated carbocycles. The highest BCUT2D eigenvalue weighted by Crippen LogP contribution is 2.30. The van der Waals surface area contributed by atoms with Crippen LogP contribution >= 0.6 is 0 Å². The van der Waals surface area contributed by atoms with E-state index in [0.29, 0.717) is 16.6 Å². The van der Waals surface area contributed by atoms with Crippen LogP contribution in [0.25, 0.3) is 11.0 Å². The molecule has 4 rings (SSSR count). The molecule has 0 aliphatic carbocycles. The molecule has 0 atom stereocenters. The fourth-order valence-corrected chi connectivity index (χ4v) is 3.73. The Bertz CT molecular complexity index is 1480. The molecule has 0 saturated heterocycles. The van der Waals surface area contributed by atoms with Gasteiger partial charge in [-0.3, -0.25) is 14.6 Å². The lowest BCUT2D eigenvalue weighted by molar-refractivity contribution is -0.137. The minimum absolute atomic E-state index is 0.0130. The van der Waals surface area contributed by atoms with Crippen molar-refractivity contribution in [2.75, 3.05) is 17.7 Å². The van der Waals surface area contributed by atoms with Gasteiger partial charge in [0.15, 0.2) is 5.78 Å². The largest absolute Gasteiger partial charge is 0.416 e. The molecule has 3 aromatic heterocycles. The molecule has 0 radical (unpaired) electrons. The Balaban J connectivity index is 1.57. The number of hydrogen-bond acceptors (Lipinski definition) is 7. The number of alkyl halides is 3. The monoisotopic (exact) mass is 512 g/mol. The highest BCUT2D eigenvalue weighted by atomic mass is 19.4. The maximum atomic E-state index is 13.4. The van der Waals surface area contributed by atoms with Gasteiger partial charge in [-0.1, -0.05) is 12.1 Å². The lowest BCUT2D eigenvalue weighted by Gasteiger charge is -2.24.